The van der Waals surface area contributed by atoms with Gasteiger partial charge in [0.1, 0.15) is 5.82 Å². The maximum atomic E-state index is 4.98. The first-order chi connectivity index (χ1) is 17.6. The Hall–Kier alpha value is -3.46. The summed E-state index contributed by atoms with van der Waals surface area (Å²) < 4.78 is 0. The summed E-state index contributed by atoms with van der Waals surface area (Å²) in [4.78, 5) is 13.5. The van der Waals surface area contributed by atoms with Gasteiger partial charge in [0.25, 0.3) is 0 Å². The molecule has 7 rings (SSSR count). The van der Waals surface area contributed by atoms with Gasteiger partial charge in [-0.25, -0.2) is 4.98 Å². The quantitative estimate of drug-likeness (QED) is 0.341. The highest BCUT2D eigenvalue weighted by molar-refractivity contribution is 6.04. The molecule has 0 spiro atoms. The van der Waals surface area contributed by atoms with Crippen LogP contribution < -0.4 is 10.6 Å². The number of H-pyrrole nitrogens is 1. The summed E-state index contributed by atoms with van der Waals surface area (Å²) in [5.41, 5.74) is 7.83. The van der Waals surface area contributed by atoms with Crippen LogP contribution in [0.4, 0.5) is 5.69 Å². The van der Waals surface area contributed by atoms with Crippen LogP contribution in [0.1, 0.15) is 55.2 Å². The number of aromatic amines is 1. The van der Waals surface area contributed by atoms with Crippen LogP contribution in [0.5, 0.6) is 0 Å². The summed E-state index contributed by atoms with van der Waals surface area (Å²) in [7, 11) is 0. The van der Waals surface area contributed by atoms with Crippen molar-refractivity contribution in [2.45, 2.75) is 45.2 Å². The summed E-state index contributed by atoms with van der Waals surface area (Å²) in [5.74, 6) is 9.20. The molecule has 2 saturated heterocycles. The van der Waals surface area contributed by atoms with Crippen LogP contribution in [0.15, 0.2) is 53.5 Å². The lowest BCUT2D eigenvalue weighted by Crippen LogP contribution is -2.30. The summed E-state index contributed by atoms with van der Waals surface area (Å²) in [6.45, 7) is 6.74. The third-order valence-electron chi connectivity index (χ3n) is 7.99. The van der Waals surface area contributed by atoms with Crippen LogP contribution in [0, 0.1) is 23.7 Å². The van der Waals surface area contributed by atoms with E-state index in [-0.39, 0.29) is 0 Å². The zero-order valence-electron chi connectivity index (χ0n) is 20.9. The van der Waals surface area contributed by atoms with E-state index in [1.807, 2.05) is 0 Å². The number of rotatable bonds is 2. The average molecular weight is 474 g/mol. The fraction of sp³-hybridized carbons (Fsp3) is 0.355. The van der Waals surface area contributed by atoms with E-state index in [0.29, 0.717) is 18.0 Å². The molecule has 3 aliphatic heterocycles. The third-order valence-corrected chi connectivity index (χ3v) is 7.99. The van der Waals surface area contributed by atoms with E-state index in [2.05, 4.69) is 89.8 Å². The molecule has 4 heterocycles. The zero-order valence-corrected chi connectivity index (χ0v) is 20.9. The molecule has 4 aromatic rings. The predicted octanol–water partition coefficient (Wildman–Crippen LogP) is 5.41. The highest BCUT2D eigenvalue weighted by Gasteiger charge is 2.28. The van der Waals surface area contributed by atoms with E-state index in [1.54, 1.807) is 0 Å². The summed E-state index contributed by atoms with van der Waals surface area (Å²) in [6.07, 6.45) is 3.27. The van der Waals surface area contributed by atoms with Crippen molar-refractivity contribution in [2.24, 2.45) is 16.8 Å². The van der Waals surface area contributed by atoms with Crippen molar-refractivity contribution in [1.82, 2.24) is 20.6 Å². The van der Waals surface area contributed by atoms with Crippen molar-refractivity contribution in [2.75, 3.05) is 13.1 Å². The molecule has 3 aliphatic rings. The average Bonchev–Trinajstić information content (AvgIpc) is 3.67. The number of aromatic nitrogens is 2. The molecule has 3 N–H and O–H groups in total. The molecular formula is C31H31N5. The van der Waals surface area contributed by atoms with Gasteiger partial charge in [-0.2, -0.15) is 0 Å². The summed E-state index contributed by atoms with van der Waals surface area (Å²) >= 11 is 0. The van der Waals surface area contributed by atoms with Gasteiger partial charge in [0.05, 0.1) is 22.8 Å². The fourth-order valence-electron chi connectivity index (χ4n) is 5.98. The lowest BCUT2D eigenvalue weighted by atomic mass is 10.0. The Bertz CT molecular complexity index is 1580. The van der Waals surface area contributed by atoms with Gasteiger partial charge in [-0.3, -0.25) is 4.99 Å². The molecule has 0 amide bonds. The van der Waals surface area contributed by atoms with Crippen LogP contribution in [0.25, 0.3) is 21.8 Å². The number of benzene rings is 3. The van der Waals surface area contributed by atoms with E-state index in [9.17, 15) is 0 Å². The minimum atomic E-state index is 0.318. The van der Waals surface area contributed by atoms with E-state index in [4.69, 9.17) is 9.98 Å². The molecule has 0 radical (unpaired) electrons. The Balaban J connectivity index is 1.15. The van der Waals surface area contributed by atoms with Crippen LogP contribution in [-0.4, -0.2) is 34.8 Å². The minimum Gasteiger partial charge on any atom is -0.341 e. The Morgan fingerprint density at radius 2 is 1.58 bits per heavy atom. The second kappa shape index (κ2) is 8.58. The molecule has 4 atom stereocenters. The van der Waals surface area contributed by atoms with Crippen LogP contribution >= 0.6 is 0 Å². The van der Waals surface area contributed by atoms with E-state index in [1.165, 1.54) is 28.5 Å². The van der Waals surface area contributed by atoms with Crippen LogP contribution in [0.2, 0.25) is 0 Å². The van der Waals surface area contributed by atoms with E-state index in [0.717, 1.165) is 65.5 Å². The molecule has 36 heavy (non-hydrogen) atoms. The van der Waals surface area contributed by atoms with Gasteiger partial charge in [0.2, 0.25) is 0 Å². The highest BCUT2D eigenvalue weighted by atomic mass is 15.0. The molecule has 180 valence electrons. The Labute approximate surface area is 211 Å². The monoisotopic (exact) mass is 473 g/mol. The number of hydrogen-bond acceptors (Lipinski definition) is 4. The SMILES string of the molecule is C[C@@H]1CN[C@H](C2=Nc3cc(C#Cc4ccc5c(ccc6[nH]c([C@@H]7C[C@H](C)CN7)nc65)c4)ccc3C2)C1. The smallest absolute Gasteiger partial charge is 0.124 e. The molecular weight excluding hydrogens is 442 g/mol. The van der Waals surface area contributed by atoms with E-state index < -0.39 is 0 Å². The third kappa shape index (κ3) is 3.91. The Morgan fingerprint density at radius 3 is 2.36 bits per heavy atom. The maximum Gasteiger partial charge on any atom is 0.124 e. The van der Waals surface area contributed by atoms with Crippen LogP contribution in [-0.2, 0) is 6.42 Å². The second-order valence-electron chi connectivity index (χ2n) is 11.0. The first-order valence-electron chi connectivity index (χ1n) is 13.2. The molecule has 0 saturated carbocycles. The van der Waals surface area contributed by atoms with Gasteiger partial charge >= 0.3 is 0 Å². The normalized spacial score (nSPS) is 25.2. The molecule has 3 aromatic carbocycles. The Kier molecular flexibility index (Phi) is 5.20. The van der Waals surface area contributed by atoms with Gasteiger partial charge < -0.3 is 15.6 Å². The van der Waals surface area contributed by atoms with Crippen LogP contribution in [0.3, 0.4) is 0 Å². The van der Waals surface area contributed by atoms with Gasteiger partial charge in [0.15, 0.2) is 0 Å². The number of nitrogens with zero attached hydrogens (tertiary/aromatic N) is 2. The first-order valence-corrected chi connectivity index (χ1v) is 13.2. The topological polar surface area (TPSA) is 65.1 Å². The van der Waals surface area contributed by atoms with Crippen molar-refractivity contribution >= 4 is 33.2 Å². The van der Waals surface area contributed by atoms with Crippen molar-refractivity contribution in [3.63, 3.8) is 0 Å². The van der Waals surface area contributed by atoms with Crippen molar-refractivity contribution in [3.8, 4) is 11.8 Å². The molecule has 5 nitrogen and oxygen atoms in total. The number of aliphatic imine (C=N–C) groups is 1. The Morgan fingerprint density at radius 1 is 0.833 bits per heavy atom. The molecule has 0 bridgehead atoms. The standard InChI is InChI=1S/C31H31N5/c1-18-11-27(32-16-18)28-15-23-7-5-21(14-26(23)34-28)4-3-20-6-9-24-22(13-20)8-10-25-30(24)36-31(35-25)29-12-19(2)17-33-29/h5-10,13-14,18-19,27,29,32-33H,11-12,15-17H2,1-2H3,(H,35,36)/t18-,19-,27-,29-/m0/s1. The van der Waals surface area contributed by atoms with Gasteiger partial charge in [-0.15, -0.1) is 0 Å². The molecule has 1 aromatic heterocycles. The molecule has 2 fully saturated rings. The second-order valence-corrected chi connectivity index (χ2v) is 11.0. The van der Waals surface area contributed by atoms with Crippen molar-refractivity contribution in [3.05, 3.63) is 71.0 Å². The molecule has 0 unspecified atom stereocenters. The van der Waals surface area contributed by atoms with Gasteiger partial charge in [-0.05, 0) is 79.0 Å². The van der Waals surface area contributed by atoms with Crippen molar-refractivity contribution in [1.29, 1.82) is 0 Å². The molecule has 5 heteroatoms. The number of hydrogen-bond donors (Lipinski definition) is 3. The maximum absolute atomic E-state index is 4.98. The van der Waals surface area contributed by atoms with Gasteiger partial charge in [-0.1, -0.05) is 43.9 Å². The number of fused-ring (bicyclic) bond motifs is 4. The van der Waals surface area contributed by atoms with Crippen molar-refractivity contribution < 1.29 is 0 Å². The highest BCUT2D eigenvalue weighted by Crippen LogP contribution is 2.32. The first kappa shape index (κ1) is 21.8. The lowest BCUT2D eigenvalue weighted by Gasteiger charge is -2.09. The fourth-order valence-corrected chi connectivity index (χ4v) is 5.98. The summed E-state index contributed by atoms with van der Waals surface area (Å²) in [6, 6.07) is 17.9. The zero-order chi connectivity index (χ0) is 24.2. The molecule has 0 aliphatic carbocycles. The number of imidazole rings is 1. The number of nitrogens with one attached hydrogen (secondary N) is 3. The lowest BCUT2D eigenvalue weighted by molar-refractivity contribution is 0.589. The largest absolute Gasteiger partial charge is 0.341 e. The predicted molar refractivity (Wildman–Crippen MR) is 147 cm³/mol. The summed E-state index contributed by atoms with van der Waals surface area (Å²) in [5, 5.41) is 9.54. The minimum absolute atomic E-state index is 0.318. The van der Waals surface area contributed by atoms with Gasteiger partial charge in [0, 0.05) is 34.7 Å². The van der Waals surface area contributed by atoms with E-state index >= 15 is 0 Å².